The largest absolute Gasteiger partial charge is 0.322 e. The van der Waals surface area contributed by atoms with Crippen LogP contribution in [0, 0.1) is 6.92 Å². The molecule has 1 unspecified atom stereocenters. The smallest absolute Gasteiger partial charge is 0.288 e. The highest BCUT2D eigenvalue weighted by Crippen LogP contribution is 2.22. The average molecular weight is 277 g/mol. The molecule has 0 aromatic carbocycles. The third kappa shape index (κ3) is 3.14. The van der Waals surface area contributed by atoms with E-state index in [9.17, 15) is 4.79 Å². The first kappa shape index (κ1) is 13.6. The Morgan fingerprint density at radius 3 is 2.89 bits per heavy atom. The summed E-state index contributed by atoms with van der Waals surface area (Å²) < 4.78 is 0. The third-order valence-corrected chi connectivity index (χ3v) is 3.83. The molecule has 7 heteroatoms. The standard InChI is InChI=1S/C12H15N5OS/c1-8-2-5-19-11(8)9(13)7-17(14)12(18)10-6-15-3-4-16-10/h2-6,9H,7,13-14H2,1H3. The SMILES string of the molecule is Cc1ccsc1C(N)CN(N)C(=O)c1cnccn1. The fourth-order valence-electron chi connectivity index (χ4n) is 1.70. The van der Waals surface area contributed by atoms with E-state index in [4.69, 9.17) is 11.6 Å². The zero-order chi connectivity index (χ0) is 13.8. The van der Waals surface area contributed by atoms with Crippen LogP contribution in [0.4, 0.5) is 0 Å². The van der Waals surface area contributed by atoms with Crippen molar-refractivity contribution >= 4 is 17.2 Å². The Morgan fingerprint density at radius 2 is 2.32 bits per heavy atom. The van der Waals surface area contributed by atoms with Crippen LogP contribution in [0.25, 0.3) is 0 Å². The van der Waals surface area contributed by atoms with Crippen LogP contribution >= 0.6 is 11.3 Å². The van der Waals surface area contributed by atoms with E-state index in [1.807, 2.05) is 18.4 Å². The summed E-state index contributed by atoms with van der Waals surface area (Å²) >= 11 is 1.56. The number of nitrogens with zero attached hydrogens (tertiary/aromatic N) is 3. The second-order valence-corrected chi connectivity index (χ2v) is 5.07. The Hall–Kier alpha value is -1.83. The van der Waals surface area contributed by atoms with Crippen LogP contribution in [0.15, 0.2) is 30.0 Å². The van der Waals surface area contributed by atoms with Crippen molar-refractivity contribution in [1.82, 2.24) is 15.0 Å². The van der Waals surface area contributed by atoms with E-state index in [1.54, 1.807) is 11.3 Å². The lowest BCUT2D eigenvalue weighted by Gasteiger charge is -2.20. The van der Waals surface area contributed by atoms with Crippen molar-refractivity contribution in [1.29, 1.82) is 0 Å². The summed E-state index contributed by atoms with van der Waals surface area (Å²) in [6.45, 7) is 2.22. The molecule has 0 aliphatic rings. The molecule has 2 aromatic heterocycles. The minimum absolute atomic E-state index is 0.208. The molecular weight excluding hydrogens is 262 g/mol. The highest BCUT2D eigenvalue weighted by molar-refractivity contribution is 7.10. The number of thiophene rings is 1. The second-order valence-electron chi connectivity index (χ2n) is 4.12. The van der Waals surface area contributed by atoms with Crippen LogP contribution in [0.2, 0.25) is 0 Å². The molecule has 0 saturated carbocycles. The zero-order valence-electron chi connectivity index (χ0n) is 10.5. The summed E-state index contributed by atoms with van der Waals surface area (Å²) in [5, 5.41) is 3.05. The Labute approximate surface area is 115 Å². The van der Waals surface area contributed by atoms with E-state index in [-0.39, 0.29) is 18.3 Å². The molecule has 6 nitrogen and oxygen atoms in total. The highest BCUT2D eigenvalue weighted by atomic mass is 32.1. The Balaban J connectivity index is 2.03. The Kier molecular flexibility index (Phi) is 4.20. The van der Waals surface area contributed by atoms with Crippen molar-refractivity contribution < 1.29 is 4.79 Å². The Bertz CT molecular complexity index is 556. The molecule has 0 spiro atoms. The fraction of sp³-hybridized carbons (Fsp3) is 0.250. The van der Waals surface area contributed by atoms with Crippen LogP contribution in [-0.2, 0) is 0 Å². The molecule has 0 bridgehead atoms. The van der Waals surface area contributed by atoms with Gasteiger partial charge in [0.05, 0.1) is 18.8 Å². The van der Waals surface area contributed by atoms with Crippen LogP contribution in [0.3, 0.4) is 0 Å². The van der Waals surface area contributed by atoms with Gasteiger partial charge in [0.1, 0.15) is 5.69 Å². The van der Waals surface area contributed by atoms with Crippen molar-refractivity contribution in [3.8, 4) is 0 Å². The Morgan fingerprint density at radius 1 is 1.53 bits per heavy atom. The second kappa shape index (κ2) is 5.87. The summed E-state index contributed by atoms with van der Waals surface area (Å²) in [4.78, 5) is 20.8. The number of hydrazine groups is 1. The first-order valence-electron chi connectivity index (χ1n) is 5.71. The molecule has 2 heterocycles. The molecular formula is C12H15N5OS. The topological polar surface area (TPSA) is 98.1 Å². The maximum Gasteiger partial charge on any atom is 0.288 e. The number of carbonyl (C=O) groups is 1. The van der Waals surface area contributed by atoms with E-state index < -0.39 is 5.91 Å². The minimum atomic E-state index is -0.391. The van der Waals surface area contributed by atoms with Gasteiger partial charge < -0.3 is 5.73 Å². The third-order valence-electron chi connectivity index (χ3n) is 2.68. The minimum Gasteiger partial charge on any atom is -0.322 e. The van der Waals surface area contributed by atoms with Crippen LogP contribution in [0.1, 0.15) is 27.0 Å². The molecule has 2 aromatic rings. The summed E-state index contributed by atoms with van der Waals surface area (Å²) in [6.07, 6.45) is 4.33. The fourth-order valence-corrected chi connectivity index (χ4v) is 2.62. The van der Waals surface area contributed by atoms with E-state index >= 15 is 0 Å². The van der Waals surface area contributed by atoms with Gasteiger partial charge in [0.15, 0.2) is 0 Å². The van der Waals surface area contributed by atoms with Gasteiger partial charge in [0, 0.05) is 17.3 Å². The van der Waals surface area contributed by atoms with E-state index in [0.29, 0.717) is 0 Å². The van der Waals surface area contributed by atoms with Crippen molar-refractivity contribution in [3.63, 3.8) is 0 Å². The van der Waals surface area contributed by atoms with Crippen LogP contribution in [0.5, 0.6) is 0 Å². The molecule has 0 radical (unpaired) electrons. The number of aromatic nitrogens is 2. The van der Waals surface area contributed by atoms with Crippen molar-refractivity contribution in [2.45, 2.75) is 13.0 Å². The first-order valence-corrected chi connectivity index (χ1v) is 6.59. The van der Waals surface area contributed by atoms with Gasteiger partial charge in [-0.1, -0.05) is 0 Å². The summed E-state index contributed by atoms with van der Waals surface area (Å²) in [5.74, 6) is 5.36. The van der Waals surface area contributed by atoms with Gasteiger partial charge in [-0.3, -0.25) is 14.8 Å². The van der Waals surface area contributed by atoms with Crippen molar-refractivity contribution in [3.05, 3.63) is 46.2 Å². The summed E-state index contributed by atoms with van der Waals surface area (Å²) in [5.41, 5.74) is 7.38. The molecule has 0 aliphatic carbocycles. The monoisotopic (exact) mass is 277 g/mol. The highest BCUT2D eigenvalue weighted by Gasteiger charge is 2.19. The van der Waals surface area contributed by atoms with Gasteiger partial charge in [0.2, 0.25) is 0 Å². The van der Waals surface area contributed by atoms with Gasteiger partial charge in [-0.05, 0) is 23.9 Å². The molecule has 0 fully saturated rings. The van der Waals surface area contributed by atoms with Gasteiger partial charge in [-0.25, -0.2) is 10.8 Å². The quantitative estimate of drug-likeness (QED) is 0.491. The van der Waals surface area contributed by atoms with E-state index in [1.165, 1.54) is 18.6 Å². The number of nitrogens with two attached hydrogens (primary N) is 2. The van der Waals surface area contributed by atoms with Crippen molar-refractivity contribution in [2.75, 3.05) is 6.54 Å². The molecule has 0 aliphatic heterocycles. The number of aryl methyl sites for hydroxylation is 1. The molecule has 0 saturated heterocycles. The number of amides is 1. The predicted octanol–water partition coefficient (Wildman–Crippen LogP) is 0.862. The van der Waals surface area contributed by atoms with E-state index in [0.717, 1.165) is 15.4 Å². The van der Waals surface area contributed by atoms with Gasteiger partial charge >= 0.3 is 0 Å². The van der Waals surface area contributed by atoms with E-state index in [2.05, 4.69) is 9.97 Å². The average Bonchev–Trinajstić information content (AvgIpc) is 2.85. The lowest BCUT2D eigenvalue weighted by Crippen LogP contribution is -2.42. The lowest BCUT2D eigenvalue weighted by atomic mass is 10.2. The zero-order valence-corrected chi connectivity index (χ0v) is 11.3. The summed E-state index contributed by atoms with van der Waals surface area (Å²) in [7, 11) is 0. The summed E-state index contributed by atoms with van der Waals surface area (Å²) in [6, 6.07) is 1.69. The molecule has 1 atom stereocenters. The van der Waals surface area contributed by atoms with Crippen LogP contribution < -0.4 is 11.6 Å². The van der Waals surface area contributed by atoms with Crippen LogP contribution in [-0.4, -0.2) is 27.4 Å². The number of hydrogen-bond acceptors (Lipinski definition) is 6. The maximum absolute atomic E-state index is 12.0. The normalized spacial score (nSPS) is 12.2. The van der Waals surface area contributed by atoms with Crippen molar-refractivity contribution in [2.24, 2.45) is 11.6 Å². The number of hydrogen-bond donors (Lipinski definition) is 2. The molecule has 4 N–H and O–H groups in total. The maximum atomic E-state index is 12.0. The molecule has 100 valence electrons. The molecule has 2 rings (SSSR count). The van der Waals surface area contributed by atoms with Gasteiger partial charge in [-0.15, -0.1) is 11.3 Å². The predicted molar refractivity (Wildman–Crippen MR) is 73.2 cm³/mol. The van der Waals surface area contributed by atoms with Gasteiger partial charge in [0.25, 0.3) is 5.91 Å². The number of carbonyl (C=O) groups excluding carboxylic acids is 1. The molecule has 19 heavy (non-hydrogen) atoms. The number of rotatable bonds is 4. The first-order chi connectivity index (χ1) is 9.09. The lowest BCUT2D eigenvalue weighted by molar-refractivity contribution is 0.0739. The van der Waals surface area contributed by atoms with Gasteiger partial charge in [-0.2, -0.15) is 0 Å². The molecule has 1 amide bonds.